The van der Waals surface area contributed by atoms with Crippen molar-refractivity contribution in [1.29, 1.82) is 0 Å². The van der Waals surface area contributed by atoms with E-state index in [0.717, 1.165) is 0 Å². The fourth-order valence-electron chi connectivity index (χ4n) is 0.367. The van der Waals surface area contributed by atoms with Gasteiger partial charge in [-0.3, -0.25) is 0 Å². The minimum atomic E-state index is 0. The van der Waals surface area contributed by atoms with Gasteiger partial charge in [0, 0.05) is 7.11 Å². The number of halogens is 1. The smallest absolute Gasteiger partial charge is 0.0703 e. The summed E-state index contributed by atoms with van der Waals surface area (Å²) < 4.78 is 9.92. The fraction of sp³-hybridized carbons (Fsp3) is 1.00. The van der Waals surface area contributed by atoms with Gasteiger partial charge < -0.3 is 15.6 Å². The summed E-state index contributed by atoms with van der Waals surface area (Å²) in [7, 11) is 1.67. The molecule has 0 bridgehead atoms. The summed E-state index contributed by atoms with van der Waals surface area (Å²) in [5, 5.41) is 0. The lowest BCUT2D eigenvalue weighted by Crippen LogP contribution is -2.07. The molecule has 0 saturated heterocycles. The second kappa shape index (κ2) is 11.9. The molecule has 0 atom stereocenters. The first-order chi connectivity index (χ1) is 3.77. The lowest BCUT2D eigenvalue weighted by Gasteiger charge is -2.04. The van der Waals surface area contributed by atoms with Crippen molar-refractivity contribution in [2.24, 2.45) is 0 Å². The van der Waals surface area contributed by atoms with E-state index in [1.54, 1.807) is 7.11 Å². The van der Waals surface area contributed by atoms with Gasteiger partial charge in [0.05, 0.1) is 19.3 Å². The van der Waals surface area contributed by atoms with Crippen LogP contribution in [0.3, 0.4) is 0 Å². The summed E-state index contributed by atoms with van der Waals surface area (Å²) in [6.07, 6.45) is 0.324. The molecule has 0 spiro atoms. The van der Waals surface area contributed by atoms with Gasteiger partial charge in [-0.05, 0) is 13.8 Å². The van der Waals surface area contributed by atoms with Gasteiger partial charge in [-0.2, -0.15) is 0 Å². The van der Waals surface area contributed by atoms with Gasteiger partial charge in [0.1, 0.15) is 0 Å². The van der Waals surface area contributed by atoms with E-state index in [0.29, 0.717) is 19.3 Å². The second-order valence-corrected chi connectivity index (χ2v) is 1.91. The van der Waals surface area contributed by atoms with Crippen LogP contribution in [-0.2, 0) is 9.47 Å². The number of hydrogen-bond donors (Lipinski definition) is 1. The highest BCUT2D eigenvalue weighted by molar-refractivity contribution is 5.85. The lowest BCUT2D eigenvalue weighted by atomic mass is 10.5. The monoisotopic (exact) mass is 171 g/mol. The van der Waals surface area contributed by atoms with Gasteiger partial charge in [0.15, 0.2) is 0 Å². The first-order valence-corrected chi connectivity index (χ1v) is 2.88. The van der Waals surface area contributed by atoms with Gasteiger partial charge in [0.25, 0.3) is 0 Å². The van der Waals surface area contributed by atoms with Crippen LogP contribution in [0.25, 0.3) is 0 Å². The van der Waals surface area contributed by atoms with Crippen LogP contribution >= 0.6 is 12.4 Å². The normalized spacial score (nSPS) is 8.40. The predicted octanol–water partition coefficient (Wildman–Crippen LogP) is 1.64. The molecule has 0 saturated carbocycles. The van der Waals surface area contributed by atoms with Crippen LogP contribution in [0.2, 0.25) is 0 Å². The van der Waals surface area contributed by atoms with E-state index >= 15 is 0 Å². The largest absolute Gasteiger partial charge is 0.382 e. The molecule has 0 aromatic rings. The predicted molar refractivity (Wildman–Crippen MR) is 45.2 cm³/mol. The molecule has 0 unspecified atom stereocenters. The Morgan fingerprint density at radius 3 is 2.00 bits per heavy atom. The third-order valence-corrected chi connectivity index (χ3v) is 0.739. The molecule has 4 heteroatoms. The van der Waals surface area contributed by atoms with Crippen molar-refractivity contribution in [3.63, 3.8) is 0 Å². The van der Waals surface area contributed by atoms with Crippen molar-refractivity contribution in [2.45, 2.75) is 20.0 Å². The van der Waals surface area contributed by atoms with E-state index in [9.17, 15) is 0 Å². The minimum Gasteiger partial charge on any atom is -0.382 e. The number of hydrogen-bond acceptors (Lipinski definition) is 3. The molecule has 0 aromatic carbocycles. The van der Waals surface area contributed by atoms with Crippen molar-refractivity contribution < 1.29 is 9.47 Å². The highest BCUT2D eigenvalue weighted by atomic mass is 35.5. The fourth-order valence-corrected chi connectivity index (χ4v) is 0.367. The van der Waals surface area contributed by atoms with Crippen molar-refractivity contribution in [3.8, 4) is 0 Å². The van der Waals surface area contributed by atoms with Gasteiger partial charge in [-0.1, -0.05) is 0 Å². The van der Waals surface area contributed by atoms with Crippen LogP contribution in [-0.4, -0.2) is 26.4 Å². The first-order valence-electron chi connectivity index (χ1n) is 2.88. The maximum absolute atomic E-state index is 5.16. The molecule has 66 valence electrons. The average molecular weight is 172 g/mol. The Bertz CT molecular complexity index is 53.0. The van der Waals surface area contributed by atoms with Gasteiger partial charge in [-0.15, -0.1) is 12.4 Å². The molecule has 0 aliphatic heterocycles. The second-order valence-electron chi connectivity index (χ2n) is 1.91. The van der Waals surface area contributed by atoms with E-state index in [4.69, 9.17) is 9.47 Å². The summed E-state index contributed by atoms with van der Waals surface area (Å²) in [5.74, 6) is 0. The van der Waals surface area contributed by atoms with Crippen molar-refractivity contribution in [2.75, 3.05) is 20.3 Å². The Morgan fingerprint density at radius 2 is 1.70 bits per heavy atom. The zero-order valence-electron chi connectivity index (χ0n) is 6.92. The van der Waals surface area contributed by atoms with Gasteiger partial charge >= 0.3 is 0 Å². The summed E-state index contributed by atoms with van der Waals surface area (Å²) in [6, 6.07) is 0. The Hall–Kier alpha value is 0.170. The van der Waals surface area contributed by atoms with Gasteiger partial charge in [0.2, 0.25) is 0 Å². The van der Waals surface area contributed by atoms with Crippen LogP contribution in [0, 0.1) is 0 Å². The Balaban J connectivity index is -0.000000245. The topological polar surface area (TPSA) is 53.5 Å². The lowest BCUT2D eigenvalue weighted by molar-refractivity contribution is 0.0351. The van der Waals surface area contributed by atoms with E-state index in [1.807, 2.05) is 13.8 Å². The third-order valence-electron chi connectivity index (χ3n) is 0.739. The van der Waals surface area contributed by atoms with Crippen molar-refractivity contribution >= 4 is 12.4 Å². The van der Waals surface area contributed by atoms with E-state index in [1.165, 1.54) is 0 Å². The summed E-state index contributed by atoms with van der Waals surface area (Å²) in [6.45, 7) is 5.41. The number of ether oxygens (including phenoxy) is 2. The zero-order chi connectivity index (χ0) is 6.41. The molecule has 0 fully saturated rings. The molecule has 0 aliphatic carbocycles. The summed E-state index contributed by atoms with van der Waals surface area (Å²) in [4.78, 5) is 0. The molecular formula is C6H18ClNO2. The molecule has 0 radical (unpaired) electrons. The quantitative estimate of drug-likeness (QED) is 0.655. The van der Waals surface area contributed by atoms with Gasteiger partial charge in [-0.25, -0.2) is 0 Å². The summed E-state index contributed by atoms with van der Waals surface area (Å²) in [5.41, 5.74) is 0. The molecular weight excluding hydrogens is 154 g/mol. The highest BCUT2D eigenvalue weighted by Crippen LogP contribution is 1.85. The van der Waals surface area contributed by atoms with Crippen LogP contribution in [0.15, 0.2) is 0 Å². The van der Waals surface area contributed by atoms with Crippen LogP contribution in [0.4, 0.5) is 0 Å². The molecule has 0 heterocycles. The van der Waals surface area contributed by atoms with Crippen molar-refractivity contribution in [3.05, 3.63) is 0 Å². The SMILES string of the molecule is COCCOC(C)C.Cl.N. The maximum atomic E-state index is 5.16. The maximum Gasteiger partial charge on any atom is 0.0703 e. The van der Waals surface area contributed by atoms with E-state index < -0.39 is 0 Å². The molecule has 0 aliphatic rings. The molecule has 10 heavy (non-hydrogen) atoms. The number of methoxy groups -OCH3 is 1. The Labute approximate surface area is 69.1 Å². The average Bonchev–Trinajstić information content (AvgIpc) is 1.66. The standard InChI is InChI=1S/C6H14O2.ClH.H3N/c1-6(2)8-5-4-7-3;;/h6H,4-5H2,1-3H3;1H;1H3. The number of rotatable bonds is 4. The minimum absolute atomic E-state index is 0. The molecule has 0 rings (SSSR count). The molecule has 3 nitrogen and oxygen atoms in total. The summed E-state index contributed by atoms with van der Waals surface area (Å²) >= 11 is 0. The molecule has 0 amide bonds. The van der Waals surface area contributed by atoms with E-state index in [-0.39, 0.29) is 18.6 Å². The highest BCUT2D eigenvalue weighted by Gasteiger charge is 1.89. The third kappa shape index (κ3) is 15.7. The first kappa shape index (κ1) is 16.6. The zero-order valence-corrected chi connectivity index (χ0v) is 7.74. The molecule has 0 aromatic heterocycles. The Morgan fingerprint density at radius 1 is 1.20 bits per heavy atom. The van der Waals surface area contributed by atoms with E-state index in [2.05, 4.69) is 0 Å². The van der Waals surface area contributed by atoms with Crippen molar-refractivity contribution in [1.82, 2.24) is 6.15 Å². The van der Waals surface area contributed by atoms with Crippen LogP contribution in [0.5, 0.6) is 0 Å². The molecule has 3 N–H and O–H groups in total. The van der Waals surface area contributed by atoms with Crippen LogP contribution in [0.1, 0.15) is 13.8 Å². The Kier molecular flexibility index (Phi) is 19.8. The van der Waals surface area contributed by atoms with Crippen LogP contribution < -0.4 is 6.15 Å².